The first-order valence-corrected chi connectivity index (χ1v) is 5.79. The first kappa shape index (κ1) is 9.87. The first-order chi connectivity index (χ1) is 6.83. The molecule has 0 radical (unpaired) electrons. The quantitative estimate of drug-likeness (QED) is 0.804. The average Bonchev–Trinajstić information content (AvgIpc) is 2.27. The number of fused-ring (bicyclic) bond motifs is 1. The molecule has 1 aromatic carbocycles. The monoisotopic (exact) mass is 209 g/mol. The number of likely N-dealkylation sites (N-methyl/N-ethyl adjacent to an activating group) is 1. The molecule has 0 aromatic heterocycles. The highest BCUT2D eigenvalue weighted by molar-refractivity contribution is 7.99. The van der Waals surface area contributed by atoms with E-state index in [1.807, 2.05) is 24.9 Å². The van der Waals surface area contributed by atoms with Crippen LogP contribution < -0.4 is 10.1 Å². The molecular weight excluding hydrogens is 194 g/mol. The molecule has 14 heavy (non-hydrogen) atoms. The van der Waals surface area contributed by atoms with Gasteiger partial charge in [0, 0.05) is 16.7 Å². The van der Waals surface area contributed by atoms with E-state index < -0.39 is 0 Å². The van der Waals surface area contributed by atoms with Crippen molar-refractivity contribution in [3.8, 4) is 5.75 Å². The van der Waals surface area contributed by atoms with Crippen molar-refractivity contribution in [1.82, 2.24) is 5.32 Å². The Balaban J connectivity index is 2.25. The number of hydrogen-bond acceptors (Lipinski definition) is 3. The molecule has 0 bridgehead atoms. The molecule has 3 heteroatoms. The normalized spacial score (nSPS) is 20.3. The summed E-state index contributed by atoms with van der Waals surface area (Å²) in [6.45, 7) is 0. The third kappa shape index (κ3) is 1.88. The number of rotatable bonds is 2. The Morgan fingerprint density at radius 2 is 2.36 bits per heavy atom. The molecule has 0 amide bonds. The van der Waals surface area contributed by atoms with E-state index in [0.29, 0.717) is 6.04 Å². The van der Waals surface area contributed by atoms with Gasteiger partial charge in [-0.15, -0.1) is 11.8 Å². The second-order valence-corrected chi connectivity index (χ2v) is 4.54. The van der Waals surface area contributed by atoms with Gasteiger partial charge in [0.1, 0.15) is 5.75 Å². The van der Waals surface area contributed by atoms with Crippen LogP contribution in [0.5, 0.6) is 5.75 Å². The van der Waals surface area contributed by atoms with Gasteiger partial charge in [-0.05, 0) is 37.2 Å². The molecule has 1 aromatic rings. The minimum Gasteiger partial charge on any atom is -0.497 e. The fourth-order valence-corrected chi connectivity index (χ4v) is 2.84. The lowest BCUT2D eigenvalue weighted by Gasteiger charge is -2.23. The predicted octanol–water partition coefficient (Wildman–Crippen LogP) is 1.93. The molecule has 2 nitrogen and oxygen atoms in total. The van der Waals surface area contributed by atoms with Crippen molar-refractivity contribution < 1.29 is 4.74 Å². The zero-order valence-electron chi connectivity index (χ0n) is 8.54. The van der Waals surface area contributed by atoms with Gasteiger partial charge in [0.05, 0.1) is 7.11 Å². The zero-order chi connectivity index (χ0) is 9.97. The van der Waals surface area contributed by atoms with Gasteiger partial charge in [-0.3, -0.25) is 0 Å². The minimum absolute atomic E-state index is 0.597. The van der Waals surface area contributed by atoms with Crippen molar-refractivity contribution >= 4 is 11.8 Å². The average molecular weight is 209 g/mol. The van der Waals surface area contributed by atoms with Crippen LogP contribution in [0.2, 0.25) is 0 Å². The van der Waals surface area contributed by atoms with Crippen LogP contribution in [0.3, 0.4) is 0 Å². The third-order valence-corrected chi connectivity index (χ3v) is 3.86. The summed E-state index contributed by atoms with van der Waals surface area (Å²) in [5.41, 5.74) is 1.40. The van der Waals surface area contributed by atoms with Gasteiger partial charge in [-0.1, -0.05) is 0 Å². The minimum atomic E-state index is 0.597. The van der Waals surface area contributed by atoms with Crippen molar-refractivity contribution in [2.24, 2.45) is 0 Å². The van der Waals surface area contributed by atoms with Gasteiger partial charge in [0.2, 0.25) is 0 Å². The smallest absolute Gasteiger partial charge is 0.119 e. The van der Waals surface area contributed by atoms with E-state index in [-0.39, 0.29) is 0 Å². The van der Waals surface area contributed by atoms with E-state index in [9.17, 15) is 0 Å². The predicted molar refractivity (Wildman–Crippen MR) is 60.3 cm³/mol. The lowest BCUT2D eigenvalue weighted by atomic mass is 10.1. The molecule has 1 aliphatic rings. The fraction of sp³-hybridized carbons (Fsp3) is 0.455. The second-order valence-electron chi connectivity index (χ2n) is 3.47. The second kappa shape index (κ2) is 4.24. The number of benzene rings is 1. The summed E-state index contributed by atoms with van der Waals surface area (Å²) in [6, 6.07) is 6.93. The molecule has 76 valence electrons. The molecule has 0 saturated heterocycles. The highest BCUT2D eigenvalue weighted by atomic mass is 32.2. The molecule has 1 unspecified atom stereocenters. The van der Waals surface area contributed by atoms with Crippen LogP contribution >= 0.6 is 11.8 Å². The van der Waals surface area contributed by atoms with E-state index >= 15 is 0 Å². The van der Waals surface area contributed by atoms with Crippen molar-refractivity contribution in [2.45, 2.75) is 17.4 Å². The van der Waals surface area contributed by atoms with Crippen molar-refractivity contribution in [3.05, 3.63) is 23.8 Å². The number of ether oxygens (including phenoxy) is 1. The summed E-state index contributed by atoms with van der Waals surface area (Å²) in [5.74, 6) is 2.12. The van der Waals surface area contributed by atoms with Gasteiger partial charge in [0.25, 0.3) is 0 Å². The Morgan fingerprint density at radius 1 is 1.50 bits per heavy atom. The highest BCUT2D eigenvalue weighted by Gasteiger charge is 2.17. The Bertz CT molecular complexity index is 327. The van der Waals surface area contributed by atoms with Crippen LogP contribution in [0.15, 0.2) is 23.1 Å². The molecule has 1 N–H and O–H groups in total. The van der Waals surface area contributed by atoms with Crippen LogP contribution in [0.25, 0.3) is 0 Å². The van der Waals surface area contributed by atoms with E-state index in [0.717, 1.165) is 17.9 Å². The van der Waals surface area contributed by atoms with Crippen molar-refractivity contribution in [1.29, 1.82) is 0 Å². The van der Waals surface area contributed by atoms with Crippen molar-refractivity contribution in [3.63, 3.8) is 0 Å². The van der Waals surface area contributed by atoms with E-state index in [1.54, 1.807) is 7.11 Å². The summed E-state index contributed by atoms with van der Waals surface area (Å²) in [7, 11) is 3.74. The van der Waals surface area contributed by atoms with Gasteiger partial charge >= 0.3 is 0 Å². The third-order valence-electron chi connectivity index (χ3n) is 2.58. The molecule has 0 fully saturated rings. The molecule has 0 aliphatic carbocycles. The fourth-order valence-electron chi connectivity index (χ4n) is 1.68. The number of hydrogen-bond donors (Lipinski definition) is 1. The lowest BCUT2D eigenvalue weighted by Crippen LogP contribution is -2.32. The Hall–Kier alpha value is -0.670. The Labute approximate surface area is 89.0 Å². The summed E-state index contributed by atoms with van der Waals surface area (Å²) in [4.78, 5) is 1.40. The van der Waals surface area contributed by atoms with Crippen molar-refractivity contribution in [2.75, 3.05) is 19.9 Å². The molecule has 1 atom stereocenters. The standard InChI is InChI=1S/C11H15NOS/c1-12-9-5-8-6-10(13-2)3-4-11(8)14-7-9/h3-4,6,9,12H,5,7H2,1-2H3. The number of nitrogens with one attached hydrogen (secondary N) is 1. The Morgan fingerprint density at radius 3 is 3.07 bits per heavy atom. The van der Waals surface area contributed by atoms with E-state index in [1.165, 1.54) is 10.5 Å². The maximum absolute atomic E-state index is 5.22. The molecule has 2 rings (SSSR count). The maximum Gasteiger partial charge on any atom is 0.119 e. The molecule has 1 aliphatic heterocycles. The van der Waals surface area contributed by atoms with Gasteiger partial charge in [-0.25, -0.2) is 0 Å². The van der Waals surface area contributed by atoms with Crippen LogP contribution in [0, 0.1) is 0 Å². The number of methoxy groups -OCH3 is 1. The largest absolute Gasteiger partial charge is 0.497 e. The topological polar surface area (TPSA) is 21.3 Å². The van der Waals surface area contributed by atoms with Crippen LogP contribution in [0.1, 0.15) is 5.56 Å². The van der Waals surface area contributed by atoms with Gasteiger partial charge in [-0.2, -0.15) is 0 Å². The maximum atomic E-state index is 5.22. The van der Waals surface area contributed by atoms with Crippen LogP contribution in [-0.2, 0) is 6.42 Å². The highest BCUT2D eigenvalue weighted by Crippen LogP contribution is 2.32. The first-order valence-electron chi connectivity index (χ1n) is 4.80. The summed E-state index contributed by atoms with van der Waals surface area (Å²) in [6.07, 6.45) is 1.11. The van der Waals surface area contributed by atoms with Crippen LogP contribution in [-0.4, -0.2) is 26.0 Å². The summed E-state index contributed by atoms with van der Waals surface area (Å²) in [5, 5.41) is 3.32. The van der Waals surface area contributed by atoms with Gasteiger partial charge < -0.3 is 10.1 Å². The molecule has 1 heterocycles. The molecule has 0 saturated carbocycles. The zero-order valence-corrected chi connectivity index (χ0v) is 9.36. The molecule has 0 spiro atoms. The Kier molecular flexibility index (Phi) is 2.99. The van der Waals surface area contributed by atoms with Gasteiger partial charge in [0.15, 0.2) is 0 Å². The lowest BCUT2D eigenvalue weighted by molar-refractivity contribution is 0.413. The van der Waals surface area contributed by atoms with Crippen LogP contribution in [0.4, 0.5) is 0 Å². The van der Waals surface area contributed by atoms with E-state index in [4.69, 9.17) is 4.74 Å². The van der Waals surface area contributed by atoms with E-state index in [2.05, 4.69) is 17.4 Å². The SMILES string of the molecule is CNC1CSc2ccc(OC)cc2C1. The summed E-state index contributed by atoms with van der Waals surface area (Å²) < 4.78 is 5.22. The molecular formula is C11H15NOS. The summed E-state index contributed by atoms with van der Waals surface area (Å²) >= 11 is 1.92. The number of thioether (sulfide) groups is 1.